The standard InChI is InChI=1S/C13H17N3S2/c1-10-8-16(5-4-14-10)9-11-7-15-13(18-11)12-3-2-6-17-12/h2-3,6-7,10,14H,4-5,8-9H2,1H3/t10-/m1/s1. The van der Waals surface area contributed by atoms with Gasteiger partial charge in [-0.05, 0) is 18.4 Å². The number of thiazole rings is 1. The van der Waals surface area contributed by atoms with Gasteiger partial charge in [-0.25, -0.2) is 4.98 Å². The fourth-order valence-electron chi connectivity index (χ4n) is 2.27. The maximum atomic E-state index is 4.53. The molecule has 3 nitrogen and oxygen atoms in total. The molecule has 1 N–H and O–H groups in total. The SMILES string of the molecule is C[C@@H]1CN(Cc2cnc(-c3cccs3)s2)CCN1. The first-order chi connectivity index (χ1) is 8.81. The number of aromatic nitrogens is 1. The summed E-state index contributed by atoms with van der Waals surface area (Å²) in [6.07, 6.45) is 2.03. The van der Waals surface area contributed by atoms with Crippen molar-refractivity contribution in [2.24, 2.45) is 0 Å². The van der Waals surface area contributed by atoms with Crippen LogP contribution in [0, 0.1) is 0 Å². The van der Waals surface area contributed by atoms with Crippen LogP contribution in [0.3, 0.4) is 0 Å². The van der Waals surface area contributed by atoms with E-state index in [1.54, 1.807) is 11.3 Å². The zero-order chi connectivity index (χ0) is 12.4. The van der Waals surface area contributed by atoms with Gasteiger partial charge < -0.3 is 5.32 Å². The first-order valence-electron chi connectivity index (χ1n) is 6.25. The van der Waals surface area contributed by atoms with Gasteiger partial charge in [-0.15, -0.1) is 22.7 Å². The predicted molar refractivity (Wildman–Crippen MR) is 78.2 cm³/mol. The highest BCUT2D eigenvalue weighted by atomic mass is 32.1. The molecule has 1 saturated heterocycles. The molecule has 2 aromatic rings. The summed E-state index contributed by atoms with van der Waals surface area (Å²) in [5.74, 6) is 0. The fourth-order valence-corrected chi connectivity index (χ4v) is 4.03. The summed E-state index contributed by atoms with van der Waals surface area (Å²) < 4.78 is 0. The van der Waals surface area contributed by atoms with Crippen LogP contribution in [-0.4, -0.2) is 35.6 Å². The molecule has 0 aromatic carbocycles. The van der Waals surface area contributed by atoms with Crippen LogP contribution in [0.5, 0.6) is 0 Å². The zero-order valence-corrected chi connectivity index (χ0v) is 12.1. The van der Waals surface area contributed by atoms with E-state index in [-0.39, 0.29) is 0 Å². The summed E-state index contributed by atoms with van der Waals surface area (Å²) >= 11 is 3.58. The van der Waals surface area contributed by atoms with Crippen LogP contribution in [-0.2, 0) is 6.54 Å². The molecule has 3 heterocycles. The molecule has 0 aliphatic carbocycles. The van der Waals surface area contributed by atoms with E-state index in [1.807, 2.05) is 17.5 Å². The Morgan fingerprint density at radius 1 is 1.56 bits per heavy atom. The zero-order valence-electron chi connectivity index (χ0n) is 10.4. The number of piperazine rings is 1. The van der Waals surface area contributed by atoms with Gasteiger partial charge in [0.25, 0.3) is 0 Å². The molecule has 3 rings (SSSR count). The van der Waals surface area contributed by atoms with Gasteiger partial charge in [0.05, 0.1) is 4.88 Å². The van der Waals surface area contributed by atoms with Gasteiger partial charge in [0.1, 0.15) is 5.01 Å². The van der Waals surface area contributed by atoms with Crippen molar-refractivity contribution in [3.8, 4) is 9.88 Å². The Bertz CT molecular complexity index is 492. The summed E-state index contributed by atoms with van der Waals surface area (Å²) in [6, 6.07) is 4.82. The third kappa shape index (κ3) is 2.80. The molecule has 1 fully saturated rings. The number of nitrogens with zero attached hydrogens (tertiary/aromatic N) is 2. The van der Waals surface area contributed by atoms with Crippen molar-refractivity contribution < 1.29 is 0 Å². The molecule has 18 heavy (non-hydrogen) atoms. The molecule has 96 valence electrons. The average Bonchev–Trinajstić information content (AvgIpc) is 2.98. The van der Waals surface area contributed by atoms with Crippen LogP contribution in [0.1, 0.15) is 11.8 Å². The highest BCUT2D eigenvalue weighted by Crippen LogP contribution is 2.29. The summed E-state index contributed by atoms with van der Waals surface area (Å²) in [7, 11) is 0. The number of rotatable bonds is 3. The molecule has 0 amide bonds. The monoisotopic (exact) mass is 279 g/mol. The van der Waals surface area contributed by atoms with E-state index in [2.05, 4.69) is 39.6 Å². The molecule has 2 aromatic heterocycles. The molecule has 1 aliphatic rings. The highest BCUT2D eigenvalue weighted by molar-refractivity contribution is 7.20. The van der Waals surface area contributed by atoms with Crippen LogP contribution >= 0.6 is 22.7 Å². The fraction of sp³-hybridized carbons (Fsp3) is 0.462. The Morgan fingerprint density at radius 2 is 2.50 bits per heavy atom. The van der Waals surface area contributed by atoms with Crippen molar-refractivity contribution >= 4 is 22.7 Å². The highest BCUT2D eigenvalue weighted by Gasteiger charge is 2.16. The van der Waals surface area contributed by atoms with E-state index in [4.69, 9.17) is 0 Å². The molecule has 0 saturated carbocycles. The Kier molecular flexibility index (Phi) is 3.75. The third-order valence-corrected chi connectivity index (χ3v) is 5.14. The minimum atomic E-state index is 0.600. The number of hydrogen-bond acceptors (Lipinski definition) is 5. The lowest BCUT2D eigenvalue weighted by Crippen LogP contribution is -2.48. The van der Waals surface area contributed by atoms with Gasteiger partial charge in [-0.1, -0.05) is 6.07 Å². The van der Waals surface area contributed by atoms with Gasteiger partial charge in [0.15, 0.2) is 0 Å². The minimum Gasteiger partial charge on any atom is -0.312 e. The lowest BCUT2D eigenvalue weighted by atomic mass is 10.2. The summed E-state index contributed by atoms with van der Waals surface area (Å²) in [5.41, 5.74) is 0. The summed E-state index contributed by atoms with van der Waals surface area (Å²) in [6.45, 7) is 6.64. The molecule has 0 radical (unpaired) electrons. The molecule has 0 unspecified atom stereocenters. The van der Waals surface area contributed by atoms with Crippen LogP contribution in [0.15, 0.2) is 23.7 Å². The Balaban J connectivity index is 1.66. The second-order valence-electron chi connectivity index (χ2n) is 4.70. The molecule has 1 aliphatic heterocycles. The van der Waals surface area contributed by atoms with Gasteiger partial charge in [0, 0.05) is 43.3 Å². The molecule has 0 spiro atoms. The van der Waals surface area contributed by atoms with Gasteiger partial charge in [-0.2, -0.15) is 0 Å². The van der Waals surface area contributed by atoms with Crippen molar-refractivity contribution in [3.05, 3.63) is 28.6 Å². The molecule has 0 bridgehead atoms. The van der Waals surface area contributed by atoms with Crippen molar-refractivity contribution in [3.63, 3.8) is 0 Å². The maximum absolute atomic E-state index is 4.53. The molecular weight excluding hydrogens is 262 g/mol. The van der Waals surface area contributed by atoms with E-state index < -0.39 is 0 Å². The van der Waals surface area contributed by atoms with Crippen LogP contribution < -0.4 is 5.32 Å². The predicted octanol–water partition coefficient (Wildman–Crippen LogP) is 2.67. The summed E-state index contributed by atoms with van der Waals surface area (Å²) in [5, 5.41) is 6.73. The third-order valence-electron chi connectivity index (χ3n) is 3.12. The quantitative estimate of drug-likeness (QED) is 0.936. The molecule has 1 atom stereocenters. The van der Waals surface area contributed by atoms with Gasteiger partial charge in [0.2, 0.25) is 0 Å². The first kappa shape index (κ1) is 12.3. The Morgan fingerprint density at radius 3 is 3.28 bits per heavy atom. The van der Waals surface area contributed by atoms with Crippen molar-refractivity contribution in [2.75, 3.05) is 19.6 Å². The largest absolute Gasteiger partial charge is 0.312 e. The van der Waals surface area contributed by atoms with E-state index in [0.29, 0.717) is 6.04 Å². The van der Waals surface area contributed by atoms with Gasteiger partial charge >= 0.3 is 0 Å². The maximum Gasteiger partial charge on any atom is 0.133 e. The molecular formula is C13H17N3S2. The van der Waals surface area contributed by atoms with Crippen molar-refractivity contribution in [1.29, 1.82) is 0 Å². The normalized spacial score (nSPS) is 21.3. The van der Waals surface area contributed by atoms with E-state index in [9.17, 15) is 0 Å². The van der Waals surface area contributed by atoms with E-state index in [1.165, 1.54) is 9.75 Å². The van der Waals surface area contributed by atoms with Crippen molar-refractivity contribution in [1.82, 2.24) is 15.2 Å². The van der Waals surface area contributed by atoms with E-state index >= 15 is 0 Å². The second kappa shape index (κ2) is 5.48. The number of nitrogens with one attached hydrogen (secondary N) is 1. The van der Waals surface area contributed by atoms with Crippen LogP contribution in [0.25, 0.3) is 9.88 Å². The lowest BCUT2D eigenvalue weighted by molar-refractivity contribution is 0.201. The minimum absolute atomic E-state index is 0.600. The first-order valence-corrected chi connectivity index (χ1v) is 7.95. The van der Waals surface area contributed by atoms with Crippen LogP contribution in [0.2, 0.25) is 0 Å². The number of hydrogen-bond donors (Lipinski definition) is 1. The lowest BCUT2D eigenvalue weighted by Gasteiger charge is -2.31. The Hall–Kier alpha value is -0.750. The summed E-state index contributed by atoms with van der Waals surface area (Å²) in [4.78, 5) is 9.68. The van der Waals surface area contributed by atoms with E-state index in [0.717, 1.165) is 31.2 Å². The molecule has 5 heteroatoms. The van der Waals surface area contributed by atoms with Crippen molar-refractivity contribution in [2.45, 2.75) is 19.5 Å². The van der Waals surface area contributed by atoms with Crippen LogP contribution in [0.4, 0.5) is 0 Å². The topological polar surface area (TPSA) is 28.2 Å². The number of thiophene rings is 1. The Labute approximate surface area is 115 Å². The average molecular weight is 279 g/mol. The smallest absolute Gasteiger partial charge is 0.133 e. The second-order valence-corrected chi connectivity index (χ2v) is 6.76. The van der Waals surface area contributed by atoms with Gasteiger partial charge in [-0.3, -0.25) is 4.90 Å².